The molecule has 0 bridgehead atoms. The van der Waals surface area contributed by atoms with Gasteiger partial charge >= 0.3 is 5.69 Å². The Kier molecular flexibility index (Phi) is 5.03. The molecule has 1 amide bonds. The smallest absolute Gasteiger partial charge is 0.338 e. The molecule has 2 aromatic heterocycles. The van der Waals surface area contributed by atoms with Gasteiger partial charge in [0.15, 0.2) is 0 Å². The Hall–Kier alpha value is -2.88. The van der Waals surface area contributed by atoms with Crippen molar-refractivity contribution >= 4 is 17.4 Å². The summed E-state index contributed by atoms with van der Waals surface area (Å²) < 4.78 is 19.3. The largest absolute Gasteiger partial charge is 0.348 e. The van der Waals surface area contributed by atoms with E-state index in [-0.39, 0.29) is 17.5 Å². The number of hydrogen-bond donors (Lipinski definition) is 1. The number of hydrogen-bond acceptors (Lipinski definition) is 6. The molecule has 10 heteroatoms. The van der Waals surface area contributed by atoms with Crippen LogP contribution in [0.15, 0.2) is 29.1 Å². The molecule has 8 nitrogen and oxygen atoms in total. The minimum atomic E-state index is -0.471. The molecule has 0 radical (unpaired) electrons. The molecule has 1 aromatic carbocycles. The van der Waals surface area contributed by atoms with E-state index < -0.39 is 11.5 Å². The van der Waals surface area contributed by atoms with Crippen LogP contribution in [0, 0.1) is 18.7 Å². The molecule has 1 aliphatic rings. The van der Waals surface area contributed by atoms with E-state index in [0.717, 1.165) is 24.4 Å². The number of likely N-dealkylation sites (tertiary alicyclic amines) is 1. The summed E-state index contributed by atoms with van der Waals surface area (Å²) in [6.07, 6.45) is 2.11. The Morgan fingerprint density at radius 1 is 1.32 bits per heavy atom. The summed E-state index contributed by atoms with van der Waals surface area (Å²) >= 11 is 1.12. The number of amides is 1. The zero-order valence-electron chi connectivity index (χ0n) is 15.3. The van der Waals surface area contributed by atoms with Crippen molar-refractivity contribution in [2.45, 2.75) is 26.2 Å². The number of piperidine rings is 1. The molecule has 0 unspecified atom stereocenters. The monoisotopic (exact) mass is 402 g/mol. The quantitative estimate of drug-likeness (QED) is 0.720. The number of H-pyrrole nitrogens is 1. The van der Waals surface area contributed by atoms with Gasteiger partial charge in [-0.05, 0) is 49.3 Å². The molecule has 0 aliphatic carbocycles. The molecule has 1 aliphatic heterocycles. The average molecular weight is 402 g/mol. The first kappa shape index (κ1) is 18.5. The van der Waals surface area contributed by atoms with Crippen molar-refractivity contribution in [1.82, 2.24) is 29.3 Å². The highest BCUT2D eigenvalue weighted by Gasteiger charge is 2.27. The second-order valence-corrected chi connectivity index (χ2v) is 7.61. The molecule has 0 atom stereocenters. The summed E-state index contributed by atoms with van der Waals surface area (Å²) in [4.78, 5) is 27.1. The van der Waals surface area contributed by atoms with E-state index in [2.05, 4.69) is 19.8 Å². The van der Waals surface area contributed by atoms with Crippen LogP contribution in [0.1, 0.15) is 34.0 Å². The lowest BCUT2D eigenvalue weighted by molar-refractivity contribution is 0.0693. The summed E-state index contributed by atoms with van der Waals surface area (Å²) in [5, 5.41) is 10.4. The first-order valence-electron chi connectivity index (χ1n) is 9.04. The third kappa shape index (κ3) is 3.47. The predicted molar refractivity (Wildman–Crippen MR) is 101 cm³/mol. The van der Waals surface area contributed by atoms with Crippen LogP contribution in [0.2, 0.25) is 0 Å². The van der Waals surface area contributed by atoms with Gasteiger partial charge in [-0.3, -0.25) is 4.79 Å². The Bertz CT molecular complexity index is 1050. The summed E-state index contributed by atoms with van der Waals surface area (Å²) in [5.41, 5.74) is 0.389. The number of nitrogens with one attached hydrogen (secondary N) is 1. The lowest BCUT2D eigenvalue weighted by Crippen LogP contribution is -2.39. The van der Waals surface area contributed by atoms with Gasteiger partial charge in [-0.15, -0.1) is 5.10 Å². The molecule has 3 aromatic rings. The predicted octanol–water partition coefficient (Wildman–Crippen LogP) is 1.95. The number of carbonyl (C=O) groups excluding carboxylic acids is 1. The van der Waals surface area contributed by atoms with Gasteiger partial charge < -0.3 is 4.90 Å². The van der Waals surface area contributed by atoms with Crippen LogP contribution in [-0.2, 0) is 6.42 Å². The molecule has 1 N–H and O–H groups in total. The zero-order chi connectivity index (χ0) is 19.7. The van der Waals surface area contributed by atoms with Gasteiger partial charge in [-0.2, -0.15) is 5.10 Å². The molecule has 28 heavy (non-hydrogen) atoms. The third-order valence-electron chi connectivity index (χ3n) is 5.05. The fraction of sp³-hybridized carbons (Fsp3) is 0.389. The zero-order valence-corrected chi connectivity index (χ0v) is 16.1. The van der Waals surface area contributed by atoms with Crippen LogP contribution in [0.3, 0.4) is 0 Å². The molecule has 0 saturated carbocycles. The van der Waals surface area contributed by atoms with Gasteiger partial charge in [0.1, 0.15) is 16.5 Å². The lowest BCUT2D eigenvalue weighted by atomic mass is 9.93. The summed E-state index contributed by atoms with van der Waals surface area (Å²) in [7, 11) is 0. The van der Waals surface area contributed by atoms with Crippen molar-refractivity contribution < 1.29 is 9.18 Å². The maximum Gasteiger partial charge on any atom is 0.348 e. The number of rotatable bonds is 4. The number of aryl methyl sites for hydroxylation is 1. The van der Waals surface area contributed by atoms with Gasteiger partial charge in [0.25, 0.3) is 5.91 Å². The van der Waals surface area contributed by atoms with Crippen LogP contribution in [0.5, 0.6) is 0 Å². The van der Waals surface area contributed by atoms with E-state index in [9.17, 15) is 14.0 Å². The Morgan fingerprint density at radius 3 is 2.75 bits per heavy atom. The van der Waals surface area contributed by atoms with Crippen LogP contribution in [0.25, 0.3) is 5.69 Å². The number of benzene rings is 1. The van der Waals surface area contributed by atoms with Crippen LogP contribution in [0.4, 0.5) is 4.39 Å². The van der Waals surface area contributed by atoms with E-state index in [1.54, 1.807) is 25.1 Å². The molecule has 4 rings (SSSR count). The minimum absolute atomic E-state index is 0.0333. The number of nitrogens with zero attached hydrogens (tertiary/aromatic N) is 5. The first-order chi connectivity index (χ1) is 13.5. The summed E-state index contributed by atoms with van der Waals surface area (Å²) in [5.74, 6) is 0.253. The fourth-order valence-electron chi connectivity index (χ4n) is 3.52. The van der Waals surface area contributed by atoms with Gasteiger partial charge in [0.05, 0.1) is 11.4 Å². The van der Waals surface area contributed by atoms with Crippen LogP contribution >= 0.6 is 11.5 Å². The van der Waals surface area contributed by atoms with Crippen LogP contribution in [-0.4, -0.2) is 48.2 Å². The van der Waals surface area contributed by atoms with Crippen LogP contribution < -0.4 is 5.69 Å². The highest BCUT2D eigenvalue weighted by molar-refractivity contribution is 7.07. The maximum absolute atomic E-state index is 14.1. The normalized spacial score (nSPS) is 15.1. The second-order valence-electron chi connectivity index (χ2n) is 6.86. The molecule has 0 spiro atoms. The molecule has 1 saturated heterocycles. The maximum atomic E-state index is 14.1. The topological polar surface area (TPSA) is 96.8 Å². The average Bonchev–Trinajstić information content (AvgIpc) is 3.28. The van der Waals surface area contributed by atoms with Crippen molar-refractivity contribution in [2.24, 2.45) is 5.92 Å². The van der Waals surface area contributed by atoms with Crippen molar-refractivity contribution in [3.05, 3.63) is 57.0 Å². The lowest BCUT2D eigenvalue weighted by Gasteiger charge is -2.31. The Balaban J connectivity index is 1.45. The second kappa shape index (κ2) is 7.63. The van der Waals surface area contributed by atoms with E-state index >= 15 is 0 Å². The van der Waals surface area contributed by atoms with E-state index in [1.807, 2.05) is 4.90 Å². The number of halogens is 1. The highest BCUT2D eigenvalue weighted by atomic mass is 32.1. The number of carbonyl (C=O) groups is 1. The van der Waals surface area contributed by atoms with Gasteiger partial charge in [-0.1, -0.05) is 16.6 Å². The van der Waals surface area contributed by atoms with E-state index in [1.165, 1.54) is 10.6 Å². The van der Waals surface area contributed by atoms with E-state index in [4.69, 9.17) is 0 Å². The van der Waals surface area contributed by atoms with Crippen molar-refractivity contribution in [1.29, 1.82) is 0 Å². The minimum Gasteiger partial charge on any atom is -0.338 e. The van der Waals surface area contributed by atoms with E-state index in [0.29, 0.717) is 35.9 Å². The van der Waals surface area contributed by atoms with Crippen molar-refractivity contribution in [3.8, 4) is 5.69 Å². The molecular weight excluding hydrogens is 383 g/mol. The first-order valence-corrected chi connectivity index (χ1v) is 9.81. The van der Waals surface area contributed by atoms with Gasteiger partial charge in [0.2, 0.25) is 0 Å². The highest BCUT2D eigenvalue weighted by Crippen LogP contribution is 2.24. The Labute approximate surface area is 164 Å². The van der Waals surface area contributed by atoms with Crippen molar-refractivity contribution in [2.75, 3.05) is 13.1 Å². The molecule has 146 valence electrons. The molecule has 3 heterocycles. The van der Waals surface area contributed by atoms with Gasteiger partial charge in [0, 0.05) is 19.5 Å². The number of aromatic amines is 1. The molecular formula is C18H19FN6O2S. The summed E-state index contributed by atoms with van der Waals surface area (Å²) in [6.45, 7) is 3.02. The third-order valence-corrected chi connectivity index (χ3v) is 5.87. The summed E-state index contributed by atoms with van der Waals surface area (Å²) in [6, 6.07) is 6.14. The number of aromatic nitrogens is 5. The Morgan fingerprint density at radius 2 is 2.07 bits per heavy atom. The van der Waals surface area contributed by atoms with Gasteiger partial charge in [-0.25, -0.2) is 18.9 Å². The number of para-hydroxylation sites is 1. The SMILES string of the molecule is Cc1nnsc1C(=O)N1CCC(Cc2n[nH]c(=O)n2-c2ccccc2F)CC1. The standard InChI is InChI=1S/C18H19FN6O2S/c1-11-16(28-23-20-11)17(26)24-8-6-12(7-9-24)10-15-21-22-18(27)25(15)14-5-3-2-4-13(14)19/h2-5,12H,6-10H2,1H3,(H,22,27). The molecule has 1 fully saturated rings. The fourth-order valence-corrected chi connectivity index (χ4v) is 4.14. The van der Waals surface area contributed by atoms with Crippen molar-refractivity contribution in [3.63, 3.8) is 0 Å².